The van der Waals surface area contributed by atoms with Gasteiger partial charge in [0, 0.05) is 4.87 Å². The Balaban J connectivity index is 1.92. The summed E-state index contributed by atoms with van der Waals surface area (Å²) in [7, 11) is 0. The summed E-state index contributed by atoms with van der Waals surface area (Å²) in [5, 5.41) is 0. The van der Waals surface area contributed by atoms with Crippen molar-refractivity contribution in [3.63, 3.8) is 0 Å². The van der Waals surface area contributed by atoms with Crippen LogP contribution in [0.1, 0.15) is 111 Å². The van der Waals surface area contributed by atoms with E-state index in [9.17, 15) is 0 Å². The molecule has 2 atom stereocenters. The van der Waals surface area contributed by atoms with Gasteiger partial charge in [-0.2, -0.15) is 0 Å². The van der Waals surface area contributed by atoms with Crippen molar-refractivity contribution >= 4 is 11.6 Å². The van der Waals surface area contributed by atoms with E-state index in [0.717, 1.165) is 18.9 Å². The number of epoxide rings is 1. The molecule has 1 aliphatic heterocycles. The van der Waals surface area contributed by atoms with E-state index in [1.165, 1.54) is 83.5 Å². The molecule has 0 amide bonds. The standard InChI is InChI=1S/C21H41ClO/c1-4-5-6-7-8-9-10-11-12-13-14-15-19(16-20-18-23-20)17-21(2,3)22/h19-20H,4-18H2,1-3H3. The first-order chi connectivity index (χ1) is 11.0. The Morgan fingerprint density at radius 2 is 1.39 bits per heavy atom. The Bertz CT molecular complexity index is 268. The first-order valence-corrected chi connectivity index (χ1v) is 10.7. The van der Waals surface area contributed by atoms with E-state index in [1.807, 2.05) is 0 Å². The molecule has 2 unspecified atom stereocenters. The zero-order valence-electron chi connectivity index (χ0n) is 16.0. The molecule has 1 fully saturated rings. The van der Waals surface area contributed by atoms with Crippen molar-refractivity contribution in [2.45, 2.75) is 122 Å². The minimum absolute atomic E-state index is 0.0582. The van der Waals surface area contributed by atoms with Crippen LogP contribution in [0.2, 0.25) is 0 Å². The molecule has 0 aliphatic carbocycles. The van der Waals surface area contributed by atoms with Crippen molar-refractivity contribution in [3.05, 3.63) is 0 Å². The third kappa shape index (κ3) is 14.3. The Hall–Kier alpha value is 0.250. The van der Waals surface area contributed by atoms with Crippen molar-refractivity contribution in [3.8, 4) is 0 Å². The first kappa shape index (κ1) is 21.3. The van der Waals surface area contributed by atoms with Gasteiger partial charge in [0.15, 0.2) is 0 Å². The second-order valence-electron chi connectivity index (χ2n) is 8.30. The molecule has 0 N–H and O–H groups in total. The lowest BCUT2D eigenvalue weighted by Gasteiger charge is -2.23. The van der Waals surface area contributed by atoms with Crippen LogP contribution in [0.3, 0.4) is 0 Å². The molecule has 1 heterocycles. The summed E-state index contributed by atoms with van der Waals surface area (Å²) in [4.78, 5) is -0.0582. The fourth-order valence-corrected chi connectivity index (χ4v) is 3.88. The van der Waals surface area contributed by atoms with Crippen molar-refractivity contribution in [1.82, 2.24) is 0 Å². The van der Waals surface area contributed by atoms with Gasteiger partial charge in [-0.05, 0) is 32.6 Å². The predicted molar refractivity (Wildman–Crippen MR) is 103 cm³/mol. The largest absolute Gasteiger partial charge is 0.373 e. The van der Waals surface area contributed by atoms with Gasteiger partial charge in [-0.3, -0.25) is 0 Å². The highest BCUT2D eigenvalue weighted by atomic mass is 35.5. The minimum atomic E-state index is -0.0582. The summed E-state index contributed by atoms with van der Waals surface area (Å²) < 4.78 is 5.42. The molecule has 0 aromatic carbocycles. The van der Waals surface area contributed by atoms with Crippen LogP contribution in [0.15, 0.2) is 0 Å². The number of rotatable bonds is 16. The second-order valence-corrected chi connectivity index (χ2v) is 9.33. The number of hydrogen-bond donors (Lipinski definition) is 0. The fraction of sp³-hybridized carbons (Fsp3) is 1.00. The lowest BCUT2D eigenvalue weighted by molar-refractivity contribution is 0.307. The van der Waals surface area contributed by atoms with E-state index in [4.69, 9.17) is 16.3 Å². The van der Waals surface area contributed by atoms with E-state index in [0.29, 0.717) is 6.10 Å². The van der Waals surface area contributed by atoms with Crippen LogP contribution in [-0.2, 0) is 4.74 Å². The van der Waals surface area contributed by atoms with Crippen LogP contribution < -0.4 is 0 Å². The maximum absolute atomic E-state index is 6.43. The minimum Gasteiger partial charge on any atom is -0.373 e. The van der Waals surface area contributed by atoms with Gasteiger partial charge in [0.2, 0.25) is 0 Å². The van der Waals surface area contributed by atoms with Gasteiger partial charge >= 0.3 is 0 Å². The zero-order chi connectivity index (χ0) is 17.0. The third-order valence-corrected chi connectivity index (χ3v) is 5.14. The molecule has 0 radical (unpaired) electrons. The monoisotopic (exact) mass is 344 g/mol. The Morgan fingerprint density at radius 1 is 0.913 bits per heavy atom. The second kappa shape index (κ2) is 12.6. The molecule has 138 valence electrons. The summed E-state index contributed by atoms with van der Waals surface area (Å²) in [6, 6.07) is 0. The molecule has 0 saturated carbocycles. The van der Waals surface area contributed by atoms with Gasteiger partial charge in [-0.25, -0.2) is 0 Å². The van der Waals surface area contributed by atoms with E-state index in [2.05, 4.69) is 20.8 Å². The molecule has 0 aromatic rings. The number of hydrogen-bond acceptors (Lipinski definition) is 1. The lowest BCUT2D eigenvalue weighted by atomic mass is 9.88. The summed E-state index contributed by atoms with van der Waals surface area (Å²) in [5.74, 6) is 0.758. The molecule has 1 nitrogen and oxygen atoms in total. The molecule has 1 aliphatic rings. The van der Waals surface area contributed by atoms with Crippen molar-refractivity contribution in [1.29, 1.82) is 0 Å². The Morgan fingerprint density at radius 3 is 1.83 bits per heavy atom. The molecule has 23 heavy (non-hydrogen) atoms. The highest BCUT2D eigenvalue weighted by molar-refractivity contribution is 6.23. The van der Waals surface area contributed by atoms with Gasteiger partial charge in [0.1, 0.15) is 0 Å². The van der Waals surface area contributed by atoms with E-state index in [-0.39, 0.29) is 4.87 Å². The third-order valence-electron chi connectivity index (χ3n) is 4.99. The number of ether oxygens (including phenoxy) is 1. The van der Waals surface area contributed by atoms with Gasteiger partial charge < -0.3 is 4.74 Å². The zero-order valence-corrected chi connectivity index (χ0v) is 16.8. The number of halogens is 1. The number of alkyl halides is 1. The van der Waals surface area contributed by atoms with E-state index < -0.39 is 0 Å². The molecule has 1 saturated heterocycles. The SMILES string of the molecule is CCCCCCCCCCCCCC(CC1CO1)CC(C)(C)Cl. The molecule has 0 bridgehead atoms. The van der Waals surface area contributed by atoms with E-state index >= 15 is 0 Å². The van der Waals surface area contributed by atoms with E-state index in [1.54, 1.807) is 0 Å². The first-order valence-electron chi connectivity index (χ1n) is 10.3. The Labute approximate surface area is 150 Å². The summed E-state index contributed by atoms with van der Waals surface area (Å²) >= 11 is 6.43. The van der Waals surface area contributed by atoms with Gasteiger partial charge in [-0.1, -0.05) is 84.0 Å². The maximum atomic E-state index is 6.43. The fourth-order valence-electron chi connectivity index (χ4n) is 3.66. The van der Waals surface area contributed by atoms with Crippen LogP contribution in [0, 0.1) is 5.92 Å². The highest BCUT2D eigenvalue weighted by Crippen LogP contribution is 2.32. The van der Waals surface area contributed by atoms with Crippen LogP contribution in [0.4, 0.5) is 0 Å². The number of unbranched alkanes of at least 4 members (excludes halogenated alkanes) is 10. The van der Waals surface area contributed by atoms with Crippen molar-refractivity contribution < 1.29 is 4.74 Å². The molecule has 2 heteroatoms. The molecular weight excluding hydrogens is 304 g/mol. The van der Waals surface area contributed by atoms with Crippen LogP contribution in [0.25, 0.3) is 0 Å². The highest BCUT2D eigenvalue weighted by Gasteiger charge is 2.29. The van der Waals surface area contributed by atoms with Gasteiger partial charge in [0.25, 0.3) is 0 Å². The van der Waals surface area contributed by atoms with Gasteiger partial charge in [0.05, 0.1) is 12.7 Å². The summed E-state index contributed by atoms with van der Waals surface area (Å²) in [6.45, 7) is 7.57. The van der Waals surface area contributed by atoms with Gasteiger partial charge in [-0.15, -0.1) is 11.6 Å². The molecule has 0 spiro atoms. The predicted octanol–water partition coefficient (Wildman–Crippen LogP) is 7.50. The van der Waals surface area contributed by atoms with Crippen molar-refractivity contribution in [2.24, 2.45) is 5.92 Å². The summed E-state index contributed by atoms with van der Waals surface area (Å²) in [5.41, 5.74) is 0. The Kier molecular flexibility index (Phi) is 11.7. The normalized spacial score (nSPS) is 19.0. The topological polar surface area (TPSA) is 12.5 Å². The molecular formula is C21H41ClO. The average molecular weight is 345 g/mol. The van der Waals surface area contributed by atoms with Crippen LogP contribution in [0.5, 0.6) is 0 Å². The quantitative estimate of drug-likeness (QED) is 0.160. The molecule has 1 rings (SSSR count). The average Bonchev–Trinajstić information content (AvgIpc) is 3.27. The van der Waals surface area contributed by atoms with Crippen LogP contribution in [-0.4, -0.2) is 17.6 Å². The van der Waals surface area contributed by atoms with Crippen molar-refractivity contribution in [2.75, 3.05) is 6.61 Å². The summed E-state index contributed by atoms with van der Waals surface area (Å²) in [6.07, 6.45) is 19.9. The lowest BCUT2D eigenvalue weighted by Crippen LogP contribution is -2.18. The molecule has 0 aromatic heterocycles. The smallest absolute Gasteiger partial charge is 0.0812 e. The van der Waals surface area contributed by atoms with Crippen LogP contribution >= 0.6 is 11.6 Å². The maximum Gasteiger partial charge on any atom is 0.0812 e.